The minimum Gasteiger partial charge on any atom is -0.380 e. The maximum Gasteiger partial charge on any atom is 0.0768 e. The van der Waals surface area contributed by atoms with Gasteiger partial charge in [-0.05, 0) is 32.9 Å². The van der Waals surface area contributed by atoms with E-state index < -0.39 is 0 Å². The second-order valence-electron chi connectivity index (χ2n) is 4.54. The van der Waals surface area contributed by atoms with Crippen LogP contribution in [-0.2, 0) is 0 Å². The second kappa shape index (κ2) is 3.60. The SMILES string of the molecule is CCN1c2cccc(Cl)c2NCC1(C)C. The number of benzene rings is 1. The zero-order chi connectivity index (χ0) is 11.1. The number of hydrogen-bond acceptors (Lipinski definition) is 2. The fraction of sp³-hybridized carbons (Fsp3) is 0.500. The van der Waals surface area contributed by atoms with Gasteiger partial charge in [0.15, 0.2) is 0 Å². The molecule has 0 saturated carbocycles. The zero-order valence-electron chi connectivity index (χ0n) is 9.47. The van der Waals surface area contributed by atoms with E-state index in [0.29, 0.717) is 0 Å². The number of halogens is 1. The first-order valence-corrected chi connectivity index (χ1v) is 5.74. The molecule has 15 heavy (non-hydrogen) atoms. The lowest BCUT2D eigenvalue weighted by atomic mass is 9.97. The van der Waals surface area contributed by atoms with Gasteiger partial charge in [-0.1, -0.05) is 17.7 Å². The predicted molar refractivity (Wildman–Crippen MR) is 67.0 cm³/mol. The largest absolute Gasteiger partial charge is 0.380 e. The van der Waals surface area contributed by atoms with Gasteiger partial charge in [-0.25, -0.2) is 0 Å². The van der Waals surface area contributed by atoms with Gasteiger partial charge in [0.25, 0.3) is 0 Å². The van der Waals surface area contributed by atoms with Crippen molar-refractivity contribution in [1.82, 2.24) is 0 Å². The number of nitrogens with one attached hydrogen (secondary N) is 1. The van der Waals surface area contributed by atoms with E-state index in [9.17, 15) is 0 Å². The molecule has 0 aliphatic carbocycles. The maximum absolute atomic E-state index is 6.17. The average molecular weight is 225 g/mol. The quantitative estimate of drug-likeness (QED) is 0.787. The summed E-state index contributed by atoms with van der Waals surface area (Å²) in [6.45, 7) is 8.60. The van der Waals surface area contributed by atoms with E-state index in [0.717, 1.165) is 23.8 Å². The highest BCUT2D eigenvalue weighted by molar-refractivity contribution is 6.34. The molecule has 82 valence electrons. The molecule has 0 amide bonds. The molecule has 1 aliphatic heterocycles. The van der Waals surface area contributed by atoms with Crippen LogP contribution < -0.4 is 10.2 Å². The first kappa shape index (κ1) is 10.6. The minimum atomic E-state index is 0.145. The summed E-state index contributed by atoms with van der Waals surface area (Å²) in [6, 6.07) is 6.06. The topological polar surface area (TPSA) is 15.3 Å². The molecule has 1 heterocycles. The number of fused-ring (bicyclic) bond motifs is 1. The normalized spacial score (nSPS) is 18.3. The lowest BCUT2D eigenvalue weighted by molar-refractivity contribution is 0.480. The highest BCUT2D eigenvalue weighted by Gasteiger charge is 2.32. The average Bonchev–Trinajstić information content (AvgIpc) is 2.16. The van der Waals surface area contributed by atoms with E-state index in [1.807, 2.05) is 12.1 Å². The summed E-state index contributed by atoms with van der Waals surface area (Å²) >= 11 is 6.17. The van der Waals surface area contributed by atoms with Crippen molar-refractivity contribution >= 4 is 23.0 Å². The number of nitrogens with zero attached hydrogens (tertiary/aromatic N) is 1. The number of hydrogen-bond donors (Lipinski definition) is 1. The molecule has 0 atom stereocenters. The van der Waals surface area contributed by atoms with Gasteiger partial charge in [-0.15, -0.1) is 0 Å². The van der Waals surface area contributed by atoms with Crippen LogP contribution in [0.1, 0.15) is 20.8 Å². The Hall–Kier alpha value is -0.890. The smallest absolute Gasteiger partial charge is 0.0768 e. The van der Waals surface area contributed by atoms with Crippen molar-refractivity contribution in [3.8, 4) is 0 Å². The lowest BCUT2D eigenvalue weighted by Gasteiger charge is -2.45. The van der Waals surface area contributed by atoms with Crippen LogP contribution in [-0.4, -0.2) is 18.6 Å². The molecule has 1 N–H and O–H groups in total. The minimum absolute atomic E-state index is 0.145. The number of para-hydroxylation sites is 1. The van der Waals surface area contributed by atoms with Crippen LogP contribution in [0, 0.1) is 0 Å². The van der Waals surface area contributed by atoms with Gasteiger partial charge in [0.05, 0.1) is 21.9 Å². The molecule has 1 aromatic rings. The van der Waals surface area contributed by atoms with Crippen molar-refractivity contribution < 1.29 is 0 Å². The Labute approximate surface area is 96.2 Å². The fourth-order valence-electron chi connectivity index (χ4n) is 2.24. The summed E-state index contributed by atoms with van der Waals surface area (Å²) in [7, 11) is 0. The van der Waals surface area contributed by atoms with Gasteiger partial charge in [0, 0.05) is 13.1 Å². The molecule has 0 saturated heterocycles. The highest BCUT2D eigenvalue weighted by atomic mass is 35.5. The number of likely N-dealkylation sites (N-methyl/N-ethyl adjacent to an activating group) is 1. The zero-order valence-corrected chi connectivity index (χ0v) is 10.2. The van der Waals surface area contributed by atoms with Gasteiger partial charge < -0.3 is 10.2 Å². The first-order valence-electron chi connectivity index (χ1n) is 5.36. The fourth-order valence-corrected chi connectivity index (χ4v) is 2.47. The second-order valence-corrected chi connectivity index (χ2v) is 4.95. The van der Waals surface area contributed by atoms with Crippen LogP contribution in [0.5, 0.6) is 0 Å². The Morgan fingerprint density at radius 3 is 2.87 bits per heavy atom. The number of rotatable bonds is 1. The summed E-state index contributed by atoms with van der Waals surface area (Å²) in [5, 5.41) is 4.22. The summed E-state index contributed by atoms with van der Waals surface area (Å²) < 4.78 is 0. The van der Waals surface area contributed by atoms with Crippen molar-refractivity contribution in [2.75, 3.05) is 23.3 Å². The van der Waals surface area contributed by atoms with E-state index >= 15 is 0 Å². The summed E-state index contributed by atoms with van der Waals surface area (Å²) in [5.41, 5.74) is 2.42. The van der Waals surface area contributed by atoms with E-state index in [-0.39, 0.29) is 5.54 Å². The van der Waals surface area contributed by atoms with Gasteiger partial charge in [-0.3, -0.25) is 0 Å². The van der Waals surface area contributed by atoms with E-state index in [1.54, 1.807) is 0 Å². The van der Waals surface area contributed by atoms with Crippen molar-refractivity contribution in [2.24, 2.45) is 0 Å². The standard InChI is InChI=1S/C12H17ClN2/c1-4-15-10-7-5-6-9(13)11(10)14-8-12(15,2)3/h5-7,14H,4,8H2,1-3H3. The molecule has 1 aromatic carbocycles. The van der Waals surface area contributed by atoms with Crippen molar-refractivity contribution in [1.29, 1.82) is 0 Å². The van der Waals surface area contributed by atoms with E-state index in [1.165, 1.54) is 5.69 Å². The van der Waals surface area contributed by atoms with Gasteiger partial charge in [0.2, 0.25) is 0 Å². The van der Waals surface area contributed by atoms with Crippen molar-refractivity contribution in [3.05, 3.63) is 23.2 Å². The molecule has 1 aliphatic rings. The summed E-state index contributed by atoms with van der Waals surface area (Å²) in [6.07, 6.45) is 0. The van der Waals surface area contributed by atoms with Crippen LogP contribution in [0.3, 0.4) is 0 Å². The molecular formula is C12H17ClN2. The third-order valence-corrected chi connectivity index (χ3v) is 3.34. The summed E-state index contributed by atoms with van der Waals surface area (Å²) in [5.74, 6) is 0. The number of anilines is 2. The van der Waals surface area contributed by atoms with Gasteiger partial charge in [-0.2, -0.15) is 0 Å². The Kier molecular flexibility index (Phi) is 2.55. The van der Waals surface area contributed by atoms with Crippen LogP contribution in [0.2, 0.25) is 5.02 Å². The van der Waals surface area contributed by atoms with Crippen molar-refractivity contribution in [3.63, 3.8) is 0 Å². The maximum atomic E-state index is 6.17. The lowest BCUT2D eigenvalue weighted by Crippen LogP contribution is -2.52. The van der Waals surface area contributed by atoms with E-state index in [2.05, 4.69) is 37.1 Å². The molecule has 2 rings (SSSR count). The Balaban J connectivity index is 2.51. The molecule has 0 bridgehead atoms. The molecule has 0 aromatic heterocycles. The highest BCUT2D eigenvalue weighted by Crippen LogP contribution is 2.39. The Morgan fingerprint density at radius 2 is 2.20 bits per heavy atom. The third kappa shape index (κ3) is 1.67. The first-order chi connectivity index (χ1) is 7.06. The van der Waals surface area contributed by atoms with Crippen LogP contribution in [0.4, 0.5) is 11.4 Å². The predicted octanol–water partition coefficient (Wildman–Crippen LogP) is 3.37. The monoisotopic (exact) mass is 224 g/mol. The molecule has 0 radical (unpaired) electrons. The Morgan fingerprint density at radius 1 is 1.47 bits per heavy atom. The van der Waals surface area contributed by atoms with Crippen LogP contribution in [0.25, 0.3) is 0 Å². The van der Waals surface area contributed by atoms with Gasteiger partial charge >= 0.3 is 0 Å². The molecule has 3 heteroatoms. The van der Waals surface area contributed by atoms with Crippen LogP contribution in [0.15, 0.2) is 18.2 Å². The summed E-state index contributed by atoms with van der Waals surface area (Å²) in [4.78, 5) is 2.39. The molecule has 0 fully saturated rings. The molecule has 0 spiro atoms. The van der Waals surface area contributed by atoms with Crippen LogP contribution >= 0.6 is 11.6 Å². The van der Waals surface area contributed by atoms with Gasteiger partial charge in [0.1, 0.15) is 0 Å². The Bertz CT molecular complexity index is 374. The third-order valence-electron chi connectivity index (χ3n) is 3.03. The van der Waals surface area contributed by atoms with Crippen molar-refractivity contribution in [2.45, 2.75) is 26.3 Å². The molecular weight excluding hydrogens is 208 g/mol. The van der Waals surface area contributed by atoms with E-state index in [4.69, 9.17) is 11.6 Å². The molecule has 0 unspecified atom stereocenters. The molecule has 2 nitrogen and oxygen atoms in total.